The number of ether oxygens (including phenoxy) is 1. The standard InChI is InChI=1S/C11H21N3O2/c1-3-4-13-11(15)9(2)14-5-6-16-10(7-12)8-14/h3,9-10H,1,4-8,12H2,2H3,(H,13,15). The SMILES string of the molecule is C=CCNC(=O)C(C)N1CCOC(CN)C1. The third kappa shape index (κ3) is 3.59. The molecule has 1 amide bonds. The lowest BCUT2D eigenvalue weighted by Crippen LogP contribution is -2.53. The van der Waals surface area contributed by atoms with Gasteiger partial charge in [0, 0.05) is 26.2 Å². The van der Waals surface area contributed by atoms with Crippen LogP contribution in [-0.4, -0.2) is 55.7 Å². The van der Waals surface area contributed by atoms with Gasteiger partial charge in [-0.05, 0) is 6.92 Å². The minimum Gasteiger partial charge on any atom is -0.374 e. The fraction of sp³-hybridized carbons (Fsp3) is 0.727. The number of hydrogen-bond acceptors (Lipinski definition) is 4. The first kappa shape index (κ1) is 13.2. The van der Waals surface area contributed by atoms with E-state index in [1.54, 1.807) is 6.08 Å². The van der Waals surface area contributed by atoms with Crippen molar-refractivity contribution in [1.29, 1.82) is 0 Å². The highest BCUT2D eigenvalue weighted by Crippen LogP contribution is 2.08. The van der Waals surface area contributed by atoms with Crippen molar-refractivity contribution < 1.29 is 9.53 Å². The molecule has 5 heteroatoms. The number of nitrogens with zero attached hydrogens (tertiary/aromatic N) is 1. The molecule has 0 aliphatic carbocycles. The van der Waals surface area contributed by atoms with Gasteiger partial charge in [-0.2, -0.15) is 0 Å². The number of hydrogen-bond donors (Lipinski definition) is 2. The molecular formula is C11H21N3O2. The highest BCUT2D eigenvalue weighted by molar-refractivity contribution is 5.81. The van der Waals surface area contributed by atoms with E-state index in [1.165, 1.54) is 0 Å². The molecule has 0 aromatic rings. The largest absolute Gasteiger partial charge is 0.374 e. The molecule has 92 valence electrons. The number of morpholine rings is 1. The normalized spacial score (nSPS) is 23.8. The van der Waals surface area contributed by atoms with E-state index in [9.17, 15) is 4.79 Å². The first-order valence-electron chi connectivity index (χ1n) is 5.63. The van der Waals surface area contributed by atoms with E-state index in [0.29, 0.717) is 19.7 Å². The van der Waals surface area contributed by atoms with Gasteiger partial charge in [0.05, 0.1) is 18.8 Å². The number of nitrogens with two attached hydrogens (primary N) is 1. The van der Waals surface area contributed by atoms with E-state index in [0.717, 1.165) is 13.1 Å². The van der Waals surface area contributed by atoms with Gasteiger partial charge in [-0.25, -0.2) is 0 Å². The van der Waals surface area contributed by atoms with E-state index in [1.807, 2.05) is 6.92 Å². The third-order valence-corrected chi connectivity index (χ3v) is 2.78. The zero-order valence-corrected chi connectivity index (χ0v) is 9.82. The van der Waals surface area contributed by atoms with Gasteiger partial charge in [0.2, 0.25) is 5.91 Å². The number of carbonyl (C=O) groups excluding carboxylic acids is 1. The maximum atomic E-state index is 11.7. The summed E-state index contributed by atoms with van der Waals surface area (Å²) >= 11 is 0. The van der Waals surface area contributed by atoms with Crippen LogP contribution in [0.25, 0.3) is 0 Å². The summed E-state index contributed by atoms with van der Waals surface area (Å²) in [5.41, 5.74) is 5.56. The van der Waals surface area contributed by atoms with Crippen LogP contribution in [-0.2, 0) is 9.53 Å². The molecule has 0 aromatic carbocycles. The number of rotatable bonds is 5. The molecule has 1 saturated heterocycles. The second-order valence-electron chi connectivity index (χ2n) is 3.93. The van der Waals surface area contributed by atoms with Crippen LogP contribution in [0.3, 0.4) is 0 Å². The summed E-state index contributed by atoms with van der Waals surface area (Å²) < 4.78 is 5.45. The average Bonchev–Trinajstić information content (AvgIpc) is 2.35. The van der Waals surface area contributed by atoms with Gasteiger partial charge in [0.25, 0.3) is 0 Å². The Labute approximate surface area is 96.6 Å². The Balaban J connectivity index is 2.42. The lowest BCUT2D eigenvalue weighted by molar-refractivity contribution is -0.128. The molecule has 1 fully saturated rings. The van der Waals surface area contributed by atoms with Crippen molar-refractivity contribution in [1.82, 2.24) is 10.2 Å². The molecule has 5 nitrogen and oxygen atoms in total. The van der Waals surface area contributed by atoms with Crippen LogP contribution in [0.1, 0.15) is 6.92 Å². The molecule has 0 aromatic heterocycles. The smallest absolute Gasteiger partial charge is 0.237 e. The summed E-state index contributed by atoms with van der Waals surface area (Å²) in [7, 11) is 0. The van der Waals surface area contributed by atoms with Gasteiger partial charge < -0.3 is 15.8 Å². The van der Waals surface area contributed by atoms with Gasteiger partial charge in [-0.3, -0.25) is 9.69 Å². The van der Waals surface area contributed by atoms with Crippen molar-refractivity contribution in [2.45, 2.75) is 19.1 Å². The Morgan fingerprint density at radius 3 is 3.19 bits per heavy atom. The number of carbonyl (C=O) groups is 1. The van der Waals surface area contributed by atoms with E-state index in [-0.39, 0.29) is 18.1 Å². The quantitative estimate of drug-likeness (QED) is 0.612. The lowest BCUT2D eigenvalue weighted by Gasteiger charge is -2.35. The van der Waals surface area contributed by atoms with Crippen LogP contribution in [0.2, 0.25) is 0 Å². The van der Waals surface area contributed by atoms with Crippen molar-refractivity contribution in [2.75, 3.05) is 32.8 Å². The monoisotopic (exact) mass is 227 g/mol. The minimum atomic E-state index is -0.141. The molecule has 1 aliphatic heterocycles. The maximum Gasteiger partial charge on any atom is 0.237 e. The number of nitrogens with one attached hydrogen (secondary N) is 1. The van der Waals surface area contributed by atoms with Gasteiger partial charge in [-0.1, -0.05) is 6.08 Å². The second-order valence-corrected chi connectivity index (χ2v) is 3.93. The Bertz CT molecular complexity index is 245. The summed E-state index contributed by atoms with van der Waals surface area (Å²) in [6, 6.07) is -0.141. The first-order valence-corrected chi connectivity index (χ1v) is 5.63. The van der Waals surface area contributed by atoms with Crippen molar-refractivity contribution in [3.05, 3.63) is 12.7 Å². The van der Waals surface area contributed by atoms with Crippen LogP contribution in [0.15, 0.2) is 12.7 Å². The van der Waals surface area contributed by atoms with Gasteiger partial charge in [0.15, 0.2) is 0 Å². The molecule has 16 heavy (non-hydrogen) atoms. The molecule has 1 heterocycles. The lowest BCUT2D eigenvalue weighted by atomic mass is 10.2. The Morgan fingerprint density at radius 1 is 1.81 bits per heavy atom. The topological polar surface area (TPSA) is 67.6 Å². The second kappa shape index (κ2) is 6.62. The van der Waals surface area contributed by atoms with Crippen LogP contribution in [0, 0.1) is 0 Å². The Morgan fingerprint density at radius 2 is 2.56 bits per heavy atom. The van der Waals surface area contributed by atoms with E-state index in [2.05, 4.69) is 16.8 Å². The summed E-state index contributed by atoms with van der Waals surface area (Å²) in [5.74, 6) is 0.0255. The molecule has 0 bridgehead atoms. The predicted molar refractivity (Wildman–Crippen MR) is 63.0 cm³/mol. The van der Waals surface area contributed by atoms with E-state index >= 15 is 0 Å². The molecular weight excluding hydrogens is 206 g/mol. The molecule has 2 unspecified atom stereocenters. The van der Waals surface area contributed by atoms with Crippen LogP contribution in [0.4, 0.5) is 0 Å². The zero-order chi connectivity index (χ0) is 12.0. The van der Waals surface area contributed by atoms with Crippen molar-refractivity contribution >= 4 is 5.91 Å². The molecule has 2 atom stereocenters. The van der Waals surface area contributed by atoms with Crippen molar-refractivity contribution in [3.63, 3.8) is 0 Å². The summed E-state index contributed by atoms with van der Waals surface area (Å²) in [6.07, 6.45) is 1.72. The Hall–Kier alpha value is -0.910. The molecule has 0 radical (unpaired) electrons. The van der Waals surface area contributed by atoms with Gasteiger partial charge in [0.1, 0.15) is 0 Å². The molecule has 1 rings (SSSR count). The van der Waals surface area contributed by atoms with Crippen LogP contribution in [0.5, 0.6) is 0 Å². The fourth-order valence-corrected chi connectivity index (χ4v) is 1.72. The predicted octanol–water partition coefficient (Wildman–Crippen LogP) is -0.663. The average molecular weight is 227 g/mol. The zero-order valence-electron chi connectivity index (χ0n) is 9.82. The van der Waals surface area contributed by atoms with E-state index < -0.39 is 0 Å². The van der Waals surface area contributed by atoms with Gasteiger partial charge >= 0.3 is 0 Å². The summed E-state index contributed by atoms with van der Waals surface area (Å²) in [6.45, 7) is 8.61. The molecule has 0 saturated carbocycles. The fourth-order valence-electron chi connectivity index (χ4n) is 1.72. The van der Waals surface area contributed by atoms with E-state index in [4.69, 9.17) is 10.5 Å². The maximum absolute atomic E-state index is 11.7. The third-order valence-electron chi connectivity index (χ3n) is 2.78. The van der Waals surface area contributed by atoms with Crippen molar-refractivity contribution in [3.8, 4) is 0 Å². The minimum absolute atomic E-state index is 0.0255. The van der Waals surface area contributed by atoms with Crippen LogP contribution < -0.4 is 11.1 Å². The molecule has 3 N–H and O–H groups in total. The van der Waals surface area contributed by atoms with Gasteiger partial charge in [-0.15, -0.1) is 6.58 Å². The highest BCUT2D eigenvalue weighted by atomic mass is 16.5. The summed E-state index contributed by atoms with van der Waals surface area (Å²) in [5, 5.41) is 2.79. The summed E-state index contributed by atoms with van der Waals surface area (Å²) in [4.78, 5) is 13.8. The Kier molecular flexibility index (Phi) is 5.45. The molecule has 0 spiro atoms. The van der Waals surface area contributed by atoms with Crippen LogP contribution >= 0.6 is 0 Å². The number of amides is 1. The first-order chi connectivity index (χ1) is 7.69. The molecule has 1 aliphatic rings. The van der Waals surface area contributed by atoms with Crippen molar-refractivity contribution in [2.24, 2.45) is 5.73 Å². The highest BCUT2D eigenvalue weighted by Gasteiger charge is 2.26.